The van der Waals surface area contributed by atoms with E-state index in [1.807, 2.05) is 113 Å². The molecule has 1 aliphatic heterocycles. The van der Waals surface area contributed by atoms with Crippen molar-refractivity contribution in [2.75, 3.05) is 17.2 Å². The number of aromatic nitrogens is 3. The lowest BCUT2D eigenvalue weighted by Crippen LogP contribution is -2.30. The highest BCUT2D eigenvalue weighted by Gasteiger charge is 2.25. The number of hydrogen-bond donors (Lipinski definition) is 1. The average molecular weight is 560 g/mol. The molecule has 1 aliphatic rings. The smallest absolute Gasteiger partial charge is 0.251 e. The van der Waals surface area contributed by atoms with Gasteiger partial charge in [-0.3, -0.25) is 14.2 Å². The van der Waals surface area contributed by atoms with E-state index < -0.39 is 0 Å². The second-order valence-electron chi connectivity index (χ2n) is 9.91. The van der Waals surface area contributed by atoms with Crippen LogP contribution < -0.4 is 10.2 Å². The highest BCUT2D eigenvalue weighted by atomic mass is 32.2. The van der Waals surface area contributed by atoms with Gasteiger partial charge in [-0.15, -0.1) is 10.2 Å². The molecule has 0 radical (unpaired) electrons. The first-order valence-electron chi connectivity index (χ1n) is 13.5. The summed E-state index contributed by atoms with van der Waals surface area (Å²) in [6.07, 6.45) is 0.866. The molecule has 0 spiro atoms. The van der Waals surface area contributed by atoms with Gasteiger partial charge in [-0.25, -0.2) is 0 Å². The quantitative estimate of drug-likeness (QED) is 0.241. The number of rotatable bonds is 8. The molecule has 41 heavy (non-hydrogen) atoms. The minimum Gasteiger partial charge on any atom is -0.345 e. The number of carbonyl (C=O) groups excluding carboxylic acids is 2. The summed E-state index contributed by atoms with van der Waals surface area (Å²) in [6, 6.07) is 33.7. The minimum absolute atomic E-state index is 0.0348. The zero-order chi connectivity index (χ0) is 28.2. The van der Waals surface area contributed by atoms with Crippen LogP contribution in [0.2, 0.25) is 0 Å². The molecular weight excluding hydrogens is 530 g/mol. The molecule has 0 aliphatic carbocycles. The van der Waals surface area contributed by atoms with E-state index in [2.05, 4.69) is 21.6 Å². The van der Waals surface area contributed by atoms with Crippen molar-refractivity contribution < 1.29 is 9.59 Å². The highest BCUT2D eigenvalue weighted by molar-refractivity contribution is 7.99. The van der Waals surface area contributed by atoms with E-state index in [4.69, 9.17) is 0 Å². The molecule has 5 aromatic rings. The topological polar surface area (TPSA) is 80.1 Å². The molecule has 1 N–H and O–H groups in total. The fraction of sp³-hybridized carbons (Fsp3) is 0.152. The molecule has 0 unspecified atom stereocenters. The Morgan fingerprint density at radius 1 is 0.854 bits per heavy atom. The standard InChI is InChI=1S/C33H29N5O2S/c1-23-8-7-12-28(20-23)38-30(21-34-32(40)27-16-14-25(15-17-27)24-9-3-2-4-10-24)35-36-33(38)41-22-31(39)37-19-18-26-11-5-6-13-29(26)37/h2-17,20H,18-19,21-22H2,1H3,(H,34,40). The third-order valence-electron chi connectivity index (χ3n) is 7.13. The van der Waals surface area contributed by atoms with Gasteiger partial charge >= 0.3 is 0 Å². The molecule has 0 atom stereocenters. The molecule has 2 heterocycles. The Labute approximate surface area is 243 Å². The summed E-state index contributed by atoms with van der Waals surface area (Å²) in [7, 11) is 0. The molecule has 1 aromatic heterocycles. The highest BCUT2D eigenvalue weighted by Crippen LogP contribution is 2.29. The second kappa shape index (κ2) is 11.8. The van der Waals surface area contributed by atoms with E-state index in [0.29, 0.717) is 23.1 Å². The number of para-hydroxylation sites is 1. The molecular formula is C33H29N5O2S. The van der Waals surface area contributed by atoms with E-state index in [1.165, 1.54) is 17.3 Å². The van der Waals surface area contributed by atoms with Crippen LogP contribution in [0.4, 0.5) is 5.69 Å². The fourth-order valence-electron chi connectivity index (χ4n) is 5.04. The van der Waals surface area contributed by atoms with Crippen molar-refractivity contribution in [3.05, 3.63) is 126 Å². The van der Waals surface area contributed by atoms with Crippen molar-refractivity contribution in [1.29, 1.82) is 0 Å². The number of amides is 2. The van der Waals surface area contributed by atoms with Crippen molar-refractivity contribution in [1.82, 2.24) is 20.1 Å². The van der Waals surface area contributed by atoms with E-state index >= 15 is 0 Å². The third kappa shape index (κ3) is 5.78. The lowest BCUT2D eigenvalue weighted by molar-refractivity contribution is -0.116. The number of nitrogens with one attached hydrogen (secondary N) is 1. The van der Waals surface area contributed by atoms with E-state index in [1.54, 1.807) is 0 Å². The van der Waals surface area contributed by atoms with Crippen LogP contribution in [0.25, 0.3) is 16.8 Å². The predicted molar refractivity (Wildman–Crippen MR) is 162 cm³/mol. The van der Waals surface area contributed by atoms with Crippen molar-refractivity contribution in [3.63, 3.8) is 0 Å². The van der Waals surface area contributed by atoms with Gasteiger partial charge in [0.1, 0.15) is 0 Å². The number of fused-ring (bicyclic) bond motifs is 1. The number of anilines is 1. The maximum Gasteiger partial charge on any atom is 0.251 e. The fourth-order valence-corrected chi connectivity index (χ4v) is 5.89. The van der Waals surface area contributed by atoms with Crippen LogP contribution in [0.3, 0.4) is 0 Å². The molecule has 6 rings (SSSR count). The van der Waals surface area contributed by atoms with Crippen molar-refractivity contribution in [2.24, 2.45) is 0 Å². The molecule has 7 nitrogen and oxygen atoms in total. The Morgan fingerprint density at radius 3 is 2.41 bits per heavy atom. The van der Waals surface area contributed by atoms with Crippen LogP contribution >= 0.6 is 11.8 Å². The van der Waals surface area contributed by atoms with Crippen molar-refractivity contribution in [3.8, 4) is 16.8 Å². The van der Waals surface area contributed by atoms with E-state index in [9.17, 15) is 9.59 Å². The SMILES string of the molecule is Cc1cccc(-n2c(CNC(=O)c3ccc(-c4ccccc4)cc3)nnc2SCC(=O)N2CCc3ccccc32)c1. The molecule has 2 amide bonds. The van der Waals surface area contributed by atoms with Crippen LogP contribution in [0.5, 0.6) is 0 Å². The van der Waals surface area contributed by atoms with Crippen LogP contribution in [0.15, 0.2) is 108 Å². The molecule has 0 saturated carbocycles. The van der Waals surface area contributed by atoms with Crippen LogP contribution in [-0.2, 0) is 17.8 Å². The Bertz CT molecular complexity index is 1700. The monoisotopic (exact) mass is 559 g/mol. The molecule has 8 heteroatoms. The summed E-state index contributed by atoms with van der Waals surface area (Å²) >= 11 is 1.35. The first-order chi connectivity index (χ1) is 20.1. The van der Waals surface area contributed by atoms with Gasteiger partial charge in [-0.05, 0) is 65.9 Å². The predicted octanol–water partition coefficient (Wildman–Crippen LogP) is 5.85. The molecule has 0 saturated heterocycles. The van der Waals surface area contributed by atoms with Crippen LogP contribution in [0.1, 0.15) is 27.3 Å². The third-order valence-corrected chi connectivity index (χ3v) is 8.05. The van der Waals surface area contributed by atoms with E-state index in [0.717, 1.165) is 34.5 Å². The zero-order valence-corrected chi connectivity index (χ0v) is 23.5. The van der Waals surface area contributed by atoms with Gasteiger partial charge < -0.3 is 10.2 Å². The Kier molecular flexibility index (Phi) is 7.65. The summed E-state index contributed by atoms with van der Waals surface area (Å²) in [4.78, 5) is 28.0. The van der Waals surface area contributed by atoms with Crippen molar-refractivity contribution >= 4 is 29.3 Å². The first-order valence-corrected chi connectivity index (χ1v) is 14.5. The maximum absolute atomic E-state index is 13.2. The summed E-state index contributed by atoms with van der Waals surface area (Å²) in [6.45, 7) is 2.90. The number of carbonyl (C=O) groups is 2. The van der Waals surface area contributed by atoms with Gasteiger partial charge in [-0.2, -0.15) is 0 Å². The zero-order valence-electron chi connectivity index (χ0n) is 22.7. The molecule has 0 bridgehead atoms. The Hall–Kier alpha value is -4.69. The summed E-state index contributed by atoms with van der Waals surface area (Å²) in [5.41, 5.74) is 6.87. The number of nitrogens with zero attached hydrogens (tertiary/aromatic N) is 4. The number of aryl methyl sites for hydroxylation is 1. The van der Waals surface area contributed by atoms with Crippen LogP contribution in [-0.4, -0.2) is 38.9 Å². The number of benzene rings is 4. The van der Waals surface area contributed by atoms with Gasteiger partial charge in [0.15, 0.2) is 11.0 Å². The lowest BCUT2D eigenvalue weighted by Gasteiger charge is -2.17. The molecule has 0 fully saturated rings. The Balaban J connectivity index is 1.17. The summed E-state index contributed by atoms with van der Waals surface area (Å²) in [5, 5.41) is 12.4. The van der Waals surface area contributed by atoms with Gasteiger partial charge in [0, 0.05) is 23.5 Å². The normalized spacial score (nSPS) is 12.3. The average Bonchev–Trinajstić information content (AvgIpc) is 3.63. The maximum atomic E-state index is 13.2. The minimum atomic E-state index is -0.194. The summed E-state index contributed by atoms with van der Waals surface area (Å²) in [5.74, 6) is 0.664. The lowest BCUT2D eigenvalue weighted by atomic mass is 10.0. The van der Waals surface area contributed by atoms with Crippen molar-refractivity contribution in [2.45, 2.75) is 25.0 Å². The van der Waals surface area contributed by atoms with Gasteiger partial charge in [0.05, 0.1) is 12.3 Å². The first kappa shape index (κ1) is 26.5. The Morgan fingerprint density at radius 2 is 1.61 bits per heavy atom. The number of thioether (sulfide) groups is 1. The van der Waals surface area contributed by atoms with Crippen LogP contribution in [0, 0.1) is 6.92 Å². The van der Waals surface area contributed by atoms with Gasteiger partial charge in [0.25, 0.3) is 5.91 Å². The van der Waals surface area contributed by atoms with E-state index in [-0.39, 0.29) is 24.1 Å². The summed E-state index contributed by atoms with van der Waals surface area (Å²) < 4.78 is 1.92. The second-order valence-corrected chi connectivity index (χ2v) is 10.9. The van der Waals surface area contributed by atoms with Gasteiger partial charge in [0.2, 0.25) is 5.91 Å². The largest absolute Gasteiger partial charge is 0.345 e. The molecule has 204 valence electrons. The number of hydrogen-bond acceptors (Lipinski definition) is 5. The molecule has 4 aromatic carbocycles. The van der Waals surface area contributed by atoms with Gasteiger partial charge in [-0.1, -0.05) is 84.6 Å².